The number of aromatic nitrogens is 1. The Bertz CT molecular complexity index is 969. The van der Waals surface area contributed by atoms with E-state index in [1.807, 2.05) is 68.4 Å². The fraction of sp³-hybridized carbons (Fsp3) is 0.273. The zero-order valence-corrected chi connectivity index (χ0v) is 16.4. The minimum absolute atomic E-state index is 0.303. The van der Waals surface area contributed by atoms with Gasteiger partial charge in [0.25, 0.3) is 0 Å². The third kappa shape index (κ3) is 4.22. The second-order valence-electron chi connectivity index (χ2n) is 6.80. The molecule has 0 bridgehead atoms. The van der Waals surface area contributed by atoms with Crippen molar-refractivity contribution in [3.05, 3.63) is 70.7 Å². The summed E-state index contributed by atoms with van der Waals surface area (Å²) in [5.41, 5.74) is 1.54. The number of fused-ring (bicyclic) bond motifs is 1. The van der Waals surface area contributed by atoms with E-state index in [0.717, 1.165) is 16.5 Å². The Hall–Kier alpha value is -2.59. The van der Waals surface area contributed by atoms with Gasteiger partial charge in [0.1, 0.15) is 6.61 Å². The number of ether oxygens (including phenoxy) is 2. The maximum atomic E-state index is 12.5. The van der Waals surface area contributed by atoms with E-state index in [9.17, 15) is 4.79 Å². The first-order valence-corrected chi connectivity index (χ1v) is 9.24. The molecule has 0 N–H and O–H groups in total. The molecule has 0 atom stereocenters. The van der Waals surface area contributed by atoms with E-state index in [4.69, 9.17) is 21.1 Å². The molecule has 0 aliphatic carbocycles. The first kappa shape index (κ1) is 19.2. The van der Waals surface area contributed by atoms with Gasteiger partial charge in [0.2, 0.25) is 5.88 Å². The van der Waals surface area contributed by atoms with Crippen molar-refractivity contribution >= 4 is 28.5 Å². The van der Waals surface area contributed by atoms with E-state index in [1.54, 1.807) is 6.92 Å². The van der Waals surface area contributed by atoms with Crippen LogP contribution < -0.4 is 4.74 Å². The molecule has 3 rings (SSSR count). The molecule has 5 heteroatoms. The largest absolute Gasteiger partial charge is 0.473 e. The van der Waals surface area contributed by atoms with Gasteiger partial charge < -0.3 is 9.47 Å². The van der Waals surface area contributed by atoms with Crippen LogP contribution in [0.15, 0.2) is 54.6 Å². The predicted molar refractivity (Wildman–Crippen MR) is 107 cm³/mol. The molecule has 0 fully saturated rings. The number of hydrogen-bond acceptors (Lipinski definition) is 4. The summed E-state index contributed by atoms with van der Waals surface area (Å²) >= 11 is 6.05. The molecule has 0 aliphatic rings. The van der Waals surface area contributed by atoms with Crippen molar-refractivity contribution in [2.45, 2.75) is 32.8 Å². The van der Waals surface area contributed by atoms with Gasteiger partial charge in [-0.25, -0.2) is 4.98 Å². The summed E-state index contributed by atoms with van der Waals surface area (Å²) in [4.78, 5) is 17.2. The number of para-hydroxylation sites is 1. The molecule has 3 aromatic rings. The van der Waals surface area contributed by atoms with Gasteiger partial charge >= 0.3 is 5.97 Å². The van der Waals surface area contributed by atoms with Gasteiger partial charge in [0, 0.05) is 16.0 Å². The number of halogens is 1. The minimum Gasteiger partial charge on any atom is -0.473 e. The van der Waals surface area contributed by atoms with Gasteiger partial charge in [-0.3, -0.25) is 4.79 Å². The van der Waals surface area contributed by atoms with E-state index in [-0.39, 0.29) is 5.97 Å². The number of benzene rings is 2. The first-order chi connectivity index (χ1) is 12.9. The van der Waals surface area contributed by atoms with Crippen LogP contribution in [-0.4, -0.2) is 17.6 Å². The molecule has 27 heavy (non-hydrogen) atoms. The number of hydrogen-bond donors (Lipinski definition) is 0. The average molecular weight is 384 g/mol. The van der Waals surface area contributed by atoms with Gasteiger partial charge in [-0.1, -0.05) is 41.9 Å². The zero-order valence-electron chi connectivity index (χ0n) is 15.7. The van der Waals surface area contributed by atoms with Crippen molar-refractivity contribution in [1.29, 1.82) is 0 Å². The van der Waals surface area contributed by atoms with Gasteiger partial charge in [0.05, 0.1) is 17.5 Å². The van der Waals surface area contributed by atoms with E-state index in [0.29, 0.717) is 29.7 Å². The standard InChI is InChI=1S/C22H22ClNO3/c1-4-26-21(25)22(2,3)18-13-16-9-5-6-11-19(16)24-20(18)27-14-15-8-7-10-17(23)12-15/h5-13H,4,14H2,1-3H3. The SMILES string of the molecule is CCOC(=O)C(C)(C)c1cc2ccccc2nc1OCc1cccc(Cl)c1. The molecule has 0 saturated carbocycles. The lowest BCUT2D eigenvalue weighted by molar-refractivity contribution is -0.148. The van der Waals surface area contributed by atoms with Crippen molar-refractivity contribution in [3.8, 4) is 5.88 Å². The third-order valence-corrected chi connectivity index (χ3v) is 4.65. The van der Waals surface area contributed by atoms with Crippen LogP contribution in [0.25, 0.3) is 10.9 Å². The molecule has 0 spiro atoms. The Kier molecular flexibility index (Phi) is 5.66. The number of nitrogens with zero attached hydrogens (tertiary/aromatic N) is 1. The number of esters is 1. The quantitative estimate of drug-likeness (QED) is 0.541. The fourth-order valence-electron chi connectivity index (χ4n) is 2.86. The summed E-state index contributed by atoms with van der Waals surface area (Å²) in [6.07, 6.45) is 0. The minimum atomic E-state index is -0.892. The lowest BCUT2D eigenvalue weighted by atomic mass is 9.84. The average Bonchev–Trinajstić information content (AvgIpc) is 2.66. The molecular weight excluding hydrogens is 362 g/mol. The molecule has 0 saturated heterocycles. The molecule has 2 aromatic carbocycles. The molecular formula is C22H22ClNO3. The lowest BCUT2D eigenvalue weighted by Crippen LogP contribution is -2.32. The van der Waals surface area contributed by atoms with E-state index >= 15 is 0 Å². The van der Waals surface area contributed by atoms with Gasteiger partial charge in [0.15, 0.2) is 0 Å². The number of carbonyl (C=O) groups is 1. The van der Waals surface area contributed by atoms with Crippen LogP contribution in [0.5, 0.6) is 5.88 Å². The highest BCUT2D eigenvalue weighted by Crippen LogP contribution is 2.34. The lowest BCUT2D eigenvalue weighted by Gasteiger charge is -2.25. The second kappa shape index (κ2) is 7.97. The maximum Gasteiger partial charge on any atom is 0.316 e. The highest BCUT2D eigenvalue weighted by atomic mass is 35.5. The van der Waals surface area contributed by atoms with Gasteiger partial charge in [-0.15, -0.1) is 0 Å². The van der Waals surface area contributed by atoms with Crippen molar-refractivity contribution in [2.24, 2.45) is 0 Å². The highest BCUT2D eigenvalue weighted by Gasteiger charge is 2.35. The van der Waals surface area contributed by atoms with Crippen molar-refractivity contribution in [2.75, 3.05) is 6.61 Å². The van der Waals surface area contributed by atoms with Crippen molar-refractivity contribution in [3.63, 3.8) is 0 Å². The summed E-state index contributed by atoms with van der Waals surface area (Å²) in [6, 6.07) is 17.2. The Morgan fingerprint density at radius 3 is 2.63 bits per heavy atom. The molecule has 0 amide bonds. The van der Waals surface area contributed by atoms with Crippen molar-refractivity contribution < 1.29 is 14.3 Å². The number of carbonyl (C=O) groups excluding carboxylic acids is 1. The zero-order chi connectivity index (χ0) is 19.4. The predicted octanol–water partition coefficient (Wildman–Crippen LogP) is 5.31. The topological polar surface area (TPSA) is 48.4 Å². The van der Waals surface area contributed by atoms with Crippen LogP contribution >= 0.6 is 11.6 Å². The third-order valence-electron chi connectivity index (χ3n) is 4.41. The Balaban J connectivity index is 2.02. The van der Waals surface area contributed by atoms with E-state index < -0.39 is 5.41 Å². The van der Waals surface area contributed by atoms with E-state index in [2.05, 4.69) is 4.98 Å². The Morgan fingerprint density at radius 1 is 1.11 bits per heavy atom. The van der Waals surface area contributed by atoms with Gasteiger partial charge in [-0.05, 0) is 50.6 Å². The number of pyridine rings is 1. The van der Waals surface area contributed by atoms with Crippen LogP contribution in [0, 0.1) is 0 Å². The van der Waals surface area contributed by atoms with Crippen LogP contribution in [-0.2, 0) is 21.6 Å². The summed E-state index contributed by atoms with van der Waals surface area (Å²) in [7, 11) is 0. The normalized spacial score (nSPS) is 11.4. The van der Waals surface area contributed by atoms with Crippen LogP contribution in [0.2, 0.25) is 5.02 Å². The highest BCUT2D eigenvalue weighted by molar-refractivity contribution is 6.30. The van der Waals surface area contributed by atoms with Crippen LogP contribution in [0.4, 0.5) is 0 Å². The monoisotopic (exact) mass is 383 g/mol. The van der Waals surface area contributed by atoms with E-state index in [1.165, 1.54) is 0 Å². The summed E-state index contributed by atoms with van der Waals surface area (Å²) < 4.78 is 11.3. The smallest absolute Gasteiger partial charge is 0.316 e. The molecule has 4 nitrogen and oxygen atoms in total. The van der Waals surface area contributed by atoms with Gasteiger partial charge in [-0.2, -0.15) is 0 Å². The van der Waals surface area contributed by atoms with Crippen LogP contribution in [0.3, 0.4) is 0 Å². The molecule has 0 unspecified atom stereocenters. The molecule has 140 valence electrons. The molecule has 1 heterocycles. The first-order valence-electron chi connectivity index (χ1n) is 8.86. The summed E-state index contributed by atoms with van der Waals surface area (Å²) in [6.45, 7) is 6.06. The van der Waals surface area contributed by atoms with Crippen LogP contribution in [0.1, 0.15) is 31.9 Å². The summed E-state index contributed by atoms with van der Waals surface area (Å²) in [5, 5.41) is 1.59. The van der Waals surface area contributed by atoms with Crippen molar-refractivity contribution in [1.82, 2.24) is 4.98 Å². The Morgan fingerprint density at radius 2 is 1.89 bits per heavy atom. The second-order valence-corrected chi connectivity index (χ2v) is 7.23. The fourth-order valence-corrected chi connectivity index (χ4v) is 3.07. The molecule has 0 radical (unpaired) electrons. The maximum absolute atomic E-state index is 12.5. The molecule has 0 aliphatic heterocycles. The Labute approximate surface area is 164 Å². The molecule has 1 aromatic heterocycles. The number of rotatable bonds is 6. The summed E-state index contributed by atoms with van der Waals surface area (Å²) in [5.74, 6) is 0.112.